The van der Waals surface area contributed by atoms with Crippen LogP contribution in [0.3, 0.4) is 0 Å². The predicted molar refractivity (Wildman–Crippen MR) is 96.0 cm³/mol. The number of amides is 1. The molecule has 1 N–H and O–H groups in total. The van der Waals surface area contributed by atoms with Crippen LogP contribution in [0.2, 0.25) is 0 Å². The fraction of sp³-hybridized carbons (Fsp3) is 0.333. The van der Waals surface area contributed by atoms with Crippen LogP contribution >= 0.6 is 24.0 Å². The lowest BCUT2D eigenvalue weighted by Crippen LogP contribution is -2.31. The summed E-state index contributed by atoms with van der Waals surface area (Å²) in [5.41, 5.74) is -0.111. The molecule has 1 aliphatic rings. The van der Waals surface area contributed by atoms with Crippen LogP contribution in [0.1, 0.15) is 19.4 Å². The lowest BCUT2D eigenvalue weighted by molar-refractivity contribution is -0.386. The van der Waals surface area contributed by atoms with Gasteiger partial charge < -0.3 is 9.84 Å². The molecule has 0 aliphatic carbocycles. The van der Waals surface area contributed by atoms with E-state index >= 15 is 0 Å². The molecule has 1 saturated heterocycles. The zero-order chi connectivity index (χ0) is 18.0. The van der Waals surface area contributed by atoms with Crippen LogP contribution in [0.15, 0.2) is 17.0 Å². The lowest BCUT2D eigenvalue weighted by Gasteiger charge is -2.16. The minimum atomic E-state index is -0.709. The quantitative estimate of drug-likeness (QED) is 0.369. The van der Waals surface area contributed by atoms with E-state index in [4.69, 9.17) is 17.0 Å². The molecule has 24 heavy (non-hydrogen) atoms. The number of carbonyl (C=O) groups excluding carboxylic acids is 1. The number of rotatable bonds is 5. The molecule has 128 valence electrons. The molecule has 0 saturated carbocycles. The molecule has 9 heteroatoms. The van der Waals surface area contributed by atoms with E-state index < -0.39 is 16.4 Å². The largest absolute Gasteiger partial charge is 0.500 e. The van der Waals surface area contributed by atoms with Gasteiger partial charge in [-0.25, -0.2) is 0 Å². The number of nitrogens with zero attached hydrogens (tertiary/aromatic N) is 2. The first-order chi connectivity index (χ1) is 11.2. The van der Waals surface area contributed by atoms with Crippen LogP contribution < -0.4 is 4.74 Å². The summed E-state index contributed by atoms with van der Waals surface area (Å²) in [6.45, 7) is 4.48. The first kappa shape index (κ1) is 18.2. The van der Waals surface area contributed by atoms with Crippen LogP contribution in [0.4, 0.5) is 5.69 Å². The average molecular weight is 368 g/mol. The molecule has 1 aromatic carbocycles. The highest BCUT2D eigenvalue weighted by atomic mass is 32.2. The molecule has 1 fully saturated rings. The van der Waals surface area contributed by atoms with Gasteiger partial charge in [0.15, 0.2) is 5.75 Å². The highest BCUT2D eigenvalue weighted by molar-refractivity contribution is 8.26. The number of nitro groups is 1. The smallest absolute Gasteiger partial charge is 0.315 e. The Morgan fingerprint density at radius 2 is 2.17 bits per heavy atom. The molecule has 1 heterocycles. The molecule has 0 aromatic heterocycles. The number of hydrogen-bond donors (Lipinski definition) is 1. The number of benzene rings is 1. The van der Waals surface area contributed by atoms with Crippen LogP contribution in [-0.2, 0) is 4.79 Å². The number of thiocarbonyl (C=S) groups is 1. The van der Waals surface area contributed by atoms with Gasteiger partial charge in [0.25, 0.3) is 5.91 Å². The summed E-state index contributed by atoms with van der Waals surface area (Å²) >= 11 is 6.37. The third kappa shape index (κ3) is 3.68. The second-order valence-electron chi connectivity index (χ2n) is 5.53. The van der Waals surface area contributed by atoms with Crippen LogP contribution in [-0.4, -0.2) is 38.8 Å². The molecule has 1 aromatic rings. The van der Waals surface area contributed by atoms with Crippen molar-refractivity contribution in [3.05, 3.63) is 32.7 Å². The second-order valence-corrected chi connectivity index (χ2v) is 7.21. The lowest BCUT2D eigenvalue weighted by atomic mass is 10.1. The van der Waals surface area contributed by atoms with Crippen molar-refractivity contribution in [2.45, 2.75) is 13.8 Å². The summed E-state index contributed by atoms with van der Waals surface area (Å²) in [6, 6.07) is 2.62. The number of carbonyl (C=O) groups is 1. The molecular weight excluding hydrogens is 352 g/mol. The van der Waals surface area contributed by atoms with E-state index in [9.17, 15) is 20.0 Å². The Balaban J connectivity index is 2.41. The van der Waals surface area contributed by atoms with Crippen LogP contribution in [0, 0.1) is 16.0 Å². The van der Waals surface area contributed by atoms with E-state index in [1.807, 2.05) is 13.8 Å². The molecule has 0 bridgehead atoms. The molecule has 0 radical (unpaired) electrons. The van der Waals surface area contributed by atoms with Crippen molar-refractivity contribution in [1.29, 1.82) is 0 Å². The highest BCUT2D eigenvalue weighted by Crippen LogP contribution is 2.39. The highest BCUT2D eigenvalue weighted by Gasteiger charge is 2.32. The average Bonchev–Trinajstić information content (AvgIpc) is 2.75. The zero-order valence-corrected chi connectivity index (χ0v) is 14.9. The Hall–Kier alpha value is -2.13. The number of hydrogen-bond acceptors (Lipinski definition) is 7. The summed E-state index contributed by atoms with van der Waals surface area (Å²) in [4.78, 5) is 24.7. The van der Waals surface area contributed by atoms with Crippen molar-refractivity contribution in [1.82, 2.24) is 4.90 Å². The molecule has 1 amide bonds. The maximum atomic E-state index is 12.4. The van der Waals surface area contributed by atoms with Crippen molar-refractivity contribution in [3.8, 4) is 11.5 Å². The third-order valence-electron chi connectivity index (χ3n) is 3.21. The van der Waals surface area contributed by atoms with Gasteiger partial charge >= 0.3 is 5.69 Å². The minimum Gasteiger partial charge on any atom is -0.500 e. The first-order valence-corrected chi connectivity index (χ1v) is 8.27. The van der Waals surface area contributed by atoms with E-state index in [0.29, 0.717) is 21.3 Å². The Labute approximate surface area is 148 Å². The van der Waals surface area contributed by atoms with Crippen molar-refractivity contribution >= 4 is 46.0 Å². The van der Waals surface area contributed by atoms with Gasteiger partial charge in [0.1, 0.15) is 4.32 Å². The Morgan fingerprint density at radius 3 is 2.71 bits per heavy atom. The summed E-state index contributed by atoms with van der Waals surface area (Å²) in [7, 11) is 1.30. The summed E-state index contributed by atoms with van der Waals surface area (Å²) in [6.07, 6.45) is 1.51. The number of phenols is 1. The van der Waals surface area contributed by atoms with Gasteiger partial charge in [-0.1, -0.05) is 37.8 Å². The maximum Gasteiger partial charge on any atom is 0.315 e. The van der Waals surface area contributed by atoms with Gasteiger partial charge in [-0.3, -0.25) is 19.8 Å². The molecule has 0 atom stereocenters. The first-order valence-electron chi connectivity index (χ1n) is 7.05. The fourth-order valence-corrected chi connectivity index (χ4v) is 3.44. The van der Waals surface area contributed by atoms with E-state index in [1.54, 1.807) is 0 Å². The normalized spacial score (nSPS) is 16.3. The van der Waals surface area contributed by atoms with Crippen LogP contribution in [0.5, 0.6) is 11.5 Å². The minimum absolute atomic E-state index is 0.0342. The van der Waals surface area contributed by atoms with E-state index in [2.05, 4.69) is 0 Å². The van der Waals surface area contributed by atoms with E-state index in [1.165, 1.54) is 30.2 Å². The third-order valence-corrected chi connectivity index (χ3v) is 4.59. The number of nitro benzene ring substituents is 1. The van der Waals surface area contributed by atoms with Gasteiger partial charge in [0, 0.05) is 12.6 Å². The molecule has 0 unspecified atom stereocenters. The Kier molecular flexibility index (Phi) is 5.45. The SMILES string of the molecule is COc1cc(/C=C2/SC(=S)N(CC(C)C)C2=O)cc([N+](=O)[O-])c1O. The van der Waals surface area contributed by atoms with E-state index in [-0.39, 0.29) is 17.6 Å². The topological polar surface area (TPSA) is 92.9 Å². The number of methoxy groups -OCH3 is 1. The van der Waals surface area contributed by atoms with E-state index in [0.717, 1.165) is 11.8 Å². The number of ether oxygens (including phenoxy) is 1. The summed E-state index contributed by atoms with van der Waals surface area (Å²) in [5.74, 6) is -0.546. The Bertz CT molecular complexity index is 746. The summed E-state index contributed by atoms with van der Waals surface area (Å²) in [5, 5.41) is 20.8. The fourth-order valence-electron chi connectivity index (χ4n) is 2.17. The standard InChI is InChI=1S/C15H16N2O5S2/c1-8(2)7-16-14(19)12(24-15(16)23)6-9-4-10(17(20)21)13(18)11(5-9)22-3/h4-6,8,18H,7H2,1-3H3/b12-6+. The van der Waals surface area contributed by atoms with Gasteiger partial charge in [-0.15, -0.1) is 0 Å². The Morgan fingerprint density at radius 1 is 1.50 bits per heavy atom. The zero-order valence-electron chi connectivity index (χ0n) is 13.3. The van der Waals surface area contributed by atoms with Gasteiger partial charge in [0.05, 0.1) is 16.9 Å². The van der Waals surface area contributed by atoms with Crippen molar-refractivity contribution in [3.63, 3.8) is 0 Å². The number of thioether (sulfide) groups is 1. The predicted octanol–water partition coefficient (Wildman–Crippen LogP) is 3.17. The summed E-state index contributed by atoms with van der Waals surface area (Å²) < 4.78 is 5.41. The second kappa shape index (κ2) is 7.18. The molecule has 7 nitrogen and oxygen atoms in total. The maximum absolute atomic E-state index is 12.4. The van der Waals surface area contributed by atoms with Crippen LogP contribution in [0.25, 0.3) is 6.08 Å². The van der Waals surface area contributed by atoms with Crippen molar-refractivity contribution in [2.75, 3.05) is 13.7 Å². The van der Waals surface area contributed by atoms with Gasteiger partial charge in [-0.05, 0) is 23.6 Å². The molecule has 1 aliphatic heterocycles. The monoisotopic (exact) mass is 368 g/mol. The van der Waals surface area contributed by atoms with Gasteiger partial charge in [-0.2, -0.15) is 0 Å². The molecule has 0 spiro atoms. The number of aromatic hydroxyl groups is 1. The molecular formula is C15H16N2O5S2. The van der Waals surface area contributed by atoms with Gasteiger partial charge in [0.2, 0.25) is 5.75 Å². The van der Waals surface area contributed by atoms with Crippen molar-refractivity contribution in [2.24, 2.45) is 5.92 Å². The number of phenolic OH excluding ortho intramolecular Hbond substituents is 1. The van der Waals surface area contributed by atoms with Crippen molar-refractivity contribution < 1.29 is 19.6 Å². The molecule has 2 rings (SSSR count).